The molecule has 2 aromatic heterocycles. The number of thiophene rings is 1. The highest BCUT2D eigenvalue weighted by molar-refractivity contribution is 7.14. The molecule has 1 fully saturated rings. The van der Waals surface area contributed by atoms with Crippen molar-refractivity contribution in [1.82, 2.24) is 4.98 Å². The van der Waals surface area contributed by atoms with E-state index in [0.29, 0.717) is 42.9 Å². The van der Waals surface area contributed by atoms with Gasteiger partial charge in [0.25, 0.3) is 0 Å². The number of hydrogen-bond donors (Lipinski definition) is 1. The summed E-state index contributed by atoms with van der Waals surface area (Å²) in [5.41, 5.74) is 1.90. The SMILES string of the molecule is CCOc1cc(OCC[C@H](C)N(c2cc(C(C)(C)C)sc2C(=O)O)C(=O)[C@H]2CC[C@H](C)CC2)c2ccc(OC)c(C)c2n1. The van der Waals surface area contributed by atoms with Crippen molar-refractivity contribution in [1.29, 1.82) is 0 Å². The van der Waals surface area contributed by atoms with E-state index >= 15 is 0 Å². The quantitative estimate of drug-likeness (QED) is 0.235. The smallest absolute Gasteiger partial charge is 0.348 e. The number of amides is 1. The van der Waals surface area contributed by atoms with Gasteiger partial charge in [-0.25, -0.2) is 9.78 Å². The molecule has 1 aliphatic rings. The van der Waals surface area contributed by atoms with Crippen LogP contribution in [0, 0.1) is 18.8 Å². The van der Waals surface area contributed by atoms with Gasteiger partial charge in [-0.15, -0.1) is 11.3 Å². The largest absolute Gasteiger partial charge is 0.496 e. The average molecular weight is 611 g/mol. The van der Waals surface area contributed by atoms with Crippen LogP contribution in [0.5, 0.6) is 17.4 Å². The summed E-state index contributed by atoms with van der Waals surface area (Å²) in [6.45, 7) is 15.1. The van der Waals surface area contributed by atoms with Crippen LogP contribution in [-0.2, 0) is 10.2 Å². The van der Waals surface area contributed by atoms with E-state index in [1.165, 1.54) is 11.3 Å². The number of carboxylic acid groups (broad SMARTS) is 1. The number of nitrogens with zero attached hydrogens (tertiary/aromatic N) is 2. The number of pyridine rings is 1. The van der Waals surface area contributed by atoms with Gasteiger partial charge < -0.3 is 24.2 Å². The molecule has 0 aliphatic heterocycles. The van der Waals surface area contributed by atoms with Crippen LogP contribution in [0.3, 0.4) is 0 Å². The van der Waals surface area contributed by atoms with Crippen LogP contribution >= 0.6 is 11.3 Å². The van der Waals surface area contributed by atoms with Crippen molar-refractivity contribution < 1.29 is 28.9 Å². The van der Waals surface area contributed by atoms with Crippen LogP contribution < -0.4 is 19.1 Å². The van der Waals surface area contributed by atoms with E-state index in [-0.39, 0.29) is 28.2 Å². The first-order chi connectivity index (χ1) is 20.3. The number of carboxylic acids is 1. The van der Waals surface area contributed by atoms with Crippen LogP contribution in [-0.4, -0.2) is 48.3 Å². The van der Waals surface area contributed by atoms with E-state index in [9.17, 15) is 14.7 Å². The van der Waals surface area contributed by atoms with Gasteiger partial charge in [-0.05, 0) is 76.0 Å². The van der Waals surface area contributed by atoms with Crippen LogP contribution in [0.2, 0.25) is 0 Å². The van der Waals surface area contributed by atoms with Gasteiger partial charge in [0, 0.05) is 40.3 Å². The number of methoxy groups -OCH3 is 1. The molecule has 3 aromatic rings. The molecule has 1 saturated carbocycles. The van der Waals surface area contributed by atoms with Crippen molar-refractivity contribution in [3.63, 3.8) is 0 Å². The summed E-state index contributed by atoms with van der Waals surface area (Å²) in [6.07, 6.45) is 4.17. The Bertz CT molecular complexity index is 1450. The van der Waals surface area contributed by atoms with Crippen LogP contribution in [0.25, 0.3) is 10.9 Å². The molecular formula is C34H46N2O6S. The summed E-state index contributed by atoms with van der Waals surface area (Å²) < 4.78 is 17.6. The summed E-state index contributed by atoms with van der Waals surface area (Å²) in [5, 5.41) is 11.0. The number of carbonyl (C=O) groups is 2. The molecule has 2 heterocycles. The minimum atomic E-state index is -1.01. The maximum atomic E-state index is 14.2. The number of carbonyl (C=O) groups excluding carboxylic acids is 1. The predicted molar refractivity (Wildman–Crippen MR) is 172 cm³/mol. The Balaban J connectivity index is 1.64. The van der Waals surface area contributed by atoms with E-state index in [2.05, 4.69) is 32.7 Å². The number of rotatable bonds is 11. The van der Waals surface area contributed by atoms with Gasteiger partial charge in [-0.1, -0.05) is 27.7 Å². The van der Waals surface area contributed by atoms with Crippen LogP contribution in [0.15, 0.2) is 24.3 Å². The lowest BCUT2D eigenvalue weighted by Gasteiger charge is -2.35. The first kappa shape index (κ1) is 32.6. The molecule has 1 aliphatic carbocycles. The topological polar surface area (TPSA) is 98.2 Å². The van der Waals surface area contributed by atoms with Crippen molar-refractivity contribution in [3.05, 3.63) is 39.6 Å². The molecule has 43 heavy (non-hydrogen) atoms. The number of aryl methyl sites for hydroxylation is 1. The Morgan fingerprint density at radius 3 is 2.42 bits per heavy atom. The maximum absolute atomic E-state index is 14.2. The van der Waals surface area contributed by atoms with Gasteiger partial charge in [0.05, 0.1) is 31.5 Å². The van der Waals surface area contributed by atoms with Crippen molar-refractivity contribution >= 4 is 39.8 Å². The molecule has 234 valence electrons. The second kappa shape index (κ2) is 13.5. The van der Waals surface area contributed by atoms with Gasteiger partial charge in [0.1, 0.15) is 16.4 Å². The Morgan fingerprint density at radius 2 is 1.81 bits per heavy atom. The van der Waals surface area contributed by atoms with E-state index in [1.54, 1.807) is 18.1 Å². The zero-order chi connectivity index (χ0) is 31.5. The fourth-order valence-corrected chi connectivity index (χ4v) is 6.79. The lowest BCUT2D eigenvalue weighted by molar-refractivity contribution is -0.124. The molecule has 4 rings (SSSR count). The standard InChI is InChI=1S/C34H46N2O6S/c1-9-41-29-19-27(24-14-15-26(40-8)22(4)30(24)35-29)42-17-16-21(3)36(32(37)23-12-10-20(2)11-13-23)25-18-28(34(5,6)7)43-31(25)33(38)39/h14-15,18-21,23H,9-13,16-17H2,1-8H3,(H,38,39)/t20-,21-,23-/m0/s1. The van der Waals surface area contributed by atoms with Gasteiger partial charge in [0.15, 0.2) is 0 Å². The van der Waals surface area contributed by atoms with E-state index < -0.39 is 5.97 Å². The second-order valence-electron chi connectivity index (χ2n) is 12.7. The van der Waals surface area contributed by atoms with Crippen LogP contribution in [0.1, 0.15) is 93.8 Å². The Morgan fingerprint density at radius 1 is 1.12 bits per heavy atom. The molecule has 0 bridgehead atoms. The lowest BCUT2D eigenvalue weighted by atomic mass is 9.82. The highest BCUT2D eigenvalue weighted by Gasteiger charge is 2.35. The maximum Gasteiger partial charge on any atom is 0.348 e. The van der Waals surface area contributed by atoms with E-state index in [1.807, 2.05) is 39.0 Å². The third-order valence-corrected chi connectivity index (χ3v) is 9.92. The highest BCUT2D eigenvalue weighted by Crippen LogP contribution is 2.41. The summed E-state index contributed by atoms with van der Waals surface area (Å²) in [5.74, 6) is 1.34. The molecule has 0 radical (unpaired) electrons. The predicted octanol–water partition coefficient (Wildman–Crippen LogP) is 8.02. The molecule has 8 nitrogen and oxygen atoms in total. The molecule has 0 spiro atoms. The number of aromatic carboxylic acids is 1. The first-order valence-corrected chi connectivity index (χ1v) is 16.1. The minimum Gasteiger partial charge on any atom is -0.496 e. The van der Waals surface area contributed by atoms with Gasteiger partial charge >= 0.3 is 5.97 Å². The molecule has 9 heteroatoms. The zero-order valence-electron chi connectivity index (χ0n) is 26.8. The van der Waals surface area contributed by atoms with Gasteiger partial charge in [-0.3, -0.25) is 4.79 Å². The zero-order valence-corrected chi connectivity index (χ0v) is 27.6. The number of aromatic nitrogens is 1. The number of benzene rings is 1. The third-order valence-electron chi connectivity index (χ3n) is 8.38. The fourth-order valence-electron chi connectivity index (χ4n) is 5.75. The molecule has 0 saturated heterocycles. The van der Waals surface area contributed by atoms with Crippen LogP contribution in [0.4, 0.5) is 5.69 Å². The Kier molecular flexibility index (Phi) is 10.3. The molecule has 1 aromatic carbocycles. The number of anilines is 1. The molecular weight excluding hydrogens is 564 g/mol. The molecule has 0 unspecified atom stereocenters. The summed E-state index contributed by atoms with van der Waals surface area (Å²) >= 11 is 1.26. The molecule has 1 atom stereocenters. The highest BCUT2D eigenvalue weighted by atomic mass is 32.1. The minimum absolute atomic E-state index is 0.0101. The van der Waals surface area contributed by atoms with Gasteiger partial charge in [0.2, 0.25) is 11.8 Å². The normalized spacial score (nSPS) is 17.9. The van der Waals surface area contributed by atoms with Crippen molar-refractivity contribution in [2.75, 3.05) is 25.2 Å². The third kappa shape index (κ3) is 7.25. The Labute approximate surface area is 259 Å². The van der Waals surface area contributed by atoms with Gasteiger partial charge in [-0.2, -0.15) is 0 Å². The van der Waals surface area contributed by atoms with E-state index in [0.717, 1.165) is 52.8 Å². The van der Waals surface area contributed by atoms with Crippen molar-refractivity contribution in [3.8, 4) is 17.4 Å². The average Bonchev–Trinajstić information content (AvgIpc) is 3.40. The molecule has 1 amide bonds. The fraction of sp³-hybridized carbons (Fsp3) is 0.559. The lowest BCUT2D eigenvalue weighted by Crippen LogP contribution is -2.44. The van der Waals surface area contributed by atoms with E-state index in [4.69, 9.17) is 14.2 Å². The number of hydrogen-bond acceptors (Lipinski definition) is 7. The van der Waals surface area contributed by atoms with Crippen molar-refractivity contribution in [2.24, 2.45) is 11.8 Å². The second-order valence-corrected chi connectivity index (χ2v) is 13.8. The number of ether oxygens (including phenoxy) is 3. The summed E-state index contributed by atoms with van der Waals surface area (Å²) in [6, 6.07) is 7.26. The summed E-state index contributed by atoms with van der Waals surface area (Å²) in [4.78, 5) is 34.2. The first-order valence-electron chi connectivity index (χ1n) is 15.3. The number of fused-ring (bicyclic) bond motifs is 1. The molecule has 1 N–H and O–H groups in total. The summed E-state index contributed by atoms with van der Waals surface area (Å²) in [7, 11) is 1.63. The Hall–Kier alpha value is -3.33. The van der Waals surface area contributed by atoms with Crippen molar-refractivity contribution in [2.45, 2.75) is 92.0 Å². The monoisotopic (exact) mass is 610 g/mol.